The van der Waals surface area contributed by atoms with Crippen molar-refractivity contribution in [1.29, 1.82) is 0 Å². The van der Waals surface area contributed by atoms with E-state index in [2.05, 4.69) is 14.7 Å². The lowest BCUT2D eigenvalue weighted by molar-refractivity contribution is -0.143. The Hall–Kier alpha value is -3.05. The van der Waals surface area contributed by atoms with Crippen LogP contribution in [0.4, 0.5) is 32.3 Å². The van der Waals surface area contributed by atoms with Gasteiger partial charge in [0.15, 0.2) is 5.69 Å². The first-order valence-electron chi connectivity index (χ1n) is 8.38. The van der Waals surface area contributed by atoms with Crippen LogP contribution in [-0.4, -0.2) is 43.2 Å². The van der Waals surface area contributed by atoms with Crippen molar-refractivity contribution in [2.24, 2.45) is 0 Å². The van der Waals surface area contributed by atoms with Crippen molar-refractivity contribution in [3.8, 4) is 5.75 Å². The fraction of sp³-hybridized carbons (Fsp3) is 0.389. The highest BCUT2D eigenvalue weighted by Gasteiger charge is 2.37. The lowest BCUT2D eigenvalue weighted by Crippen LogP contribution is -2.26. The normalized spacial score (nSPS) is 11.9. The number of nitrogens with zero attached hydrogens (tertiary/aromatic N) is 3. The fourth-order valence-corrected chi connectivity index (χ4v) is 2.34. The SMILES string of the molecule is COC(=O)c1cc(C)nc(N(C)CCOc2cc(C(F)(F)F)cc(C(F)(F)F)c2)n1. The Balaban J connectivity index is 2.15. The third-order valence-electron chi connectivity index (χ3n) is 3.83. The molecular formula is C18H17F6N3O3. The quantitative estimate of drug-likeness (QED) is 0.501. The third-order valence-corrected chi connectivity index (χ3v) is 3.83. The summed E-state index contributed by atoms with van der Waals surface area (Å²) in [5, 5.41) is 0. The zero-order chi connectivity index (χ0) is 22.7. The zero-order valence-electron chi connectivity index (χ0n) is 16.1. The summed E-state index contributed by atoms with van der Waals surface area (Å²) < 4.78 is 87.1. The molecule has 164 valence electrons. The number of halogens is 6. The first kappa shape index (κ1) is 23.2. The van der Waals surface area contributed by atoms with E-state index in [0.29, 0.717) is 17.8 Å². The molecule has 0 radical (unpaired) electrons. The van der Waals surface area contributed by atoms with Gasteiger partial charge in [-0.3, -0.25) is 0 Å². The van der Waals surface area contributed by atoms with Crippen LogP contribution >= 0.6 is 0 Å². The maximum Gasteiger partial charge on any atom is 0.416 e. The largest absolute Gasteiger partial charge is 0.492 e. The molecule has 0 saturated heterocycles. The van der Waals surface area contributed by atoms with Crippen LogP contribution in [0, 0.1) is 6.92 Å². The van der Waals surface area contributed by atoms with Crippen LogP contribution in [0.1, 0.15) is 27.3 Å². The van der Waals surface area contributed by atoms with E-state index in [0.717, 1.165) is 0 Å². The summed E-state index contributed by atoms with van der Waals surface area (Å²) in [4.78, 5) is 21.2. The van der Waals surface area contributed by atoms with Gasteiger partial charge in [0.25, 0.3) is 0 Å². The van der Waals surface area contributed by atoms with Gasteiger partial charge >= 0.3 is 18.3 Å². The van der Waals surface area contributed by atoms with Gasteiger partial charge in [0.1, 0.15) is 12.4 Å². The smallest absolute Gasteiger partial charge is 0.416 e. The number of rotatable bonds is 6. The summed E-state index contributed by atoms with van der Waals surface area (Å²) in [5.74, 6) is -1.15. The average Bonchev–Trinajstić information content (AvgIpc) is 2.65. The molecular weight excluding hydrogens is 420 g/mol. The Bertz CT molecular complexity index is 883. The van der Waals surface area contributed by atoms with Gasteiger partial charge in [-0.05, 0) is 31.2 Å². The van der Waals surface area contributed by atoms with Crippen LogP contribution in [0.25, 0.3) is 0 Å². The van der Waals surface area contributed by atoms with E-state index < -0.39 is 35.2 Å². The first-order chi connectivity index (χ1) is 13.8. The molecule has 0 aliphatic rings. The van der Waals surface area contributed by atoms with Crippen molar-refractivity contribution in [2.75, 3.05) is 32.2 Å². The molecule has 1 heterocycles. The standard InChI is InChI=1S/C18H17F6N3O3/c1-10-6-14(15(28)29-3)26-16(25-10)27(2)4-5-30-13-8-11(17(19,20)21)7-12(9-13)18(22,23)24/h6-9H,4-5H2,1-3H3. The second kappa shape index (κ2) is 8.76. The van der Waals surface area contributed by atoms with E-state index in [1.165, 1.54) is 25.1 Å². The molecule has 6 nitrogen and oxygen atoms in total. The number of hydrogen-bond donors (Lipinski definition) is 0. The molecule has 1 aromatic carbocycles. The van der Waals surface area contributed by atoms with Crippen molar-refractivity contribution >= 4 is 11.9 Å². The van der Waals surface area contributed by atoms with Crippen molar-refractivity contribution in [1.82, 2.24) is 9.97 Å². The van der Waals surface area contributed by atoms with E-state index in [1.807, 2.05) is 0 Å². The van der Waals surface area contributed by atoms with Crippen molar-refractivity contribution < 1.29 is 40.6 Å². The zero-order valence-corrected chi connectivity index (χ0v) is 16.1. The van der Waals surface area contributed by atoms with Gasteiger partial charge in [-0.2, -0.15) is 26.3 Å². The maximum absolute atomic E-state index is 12.9. The van der Waals surface area contributed by atoms with Gasteiger partial charge in [-0.15, -0.1) is 0 Å². The van der Waals surface area contributed by atoms with Crippen LogP contribution in [-0.2, 0) is 17.1 Å². The molecule has 0 saturated carbocycles. The Labute approximate surface area is 167 Å². The number of aryl methyl sites for hydroxylation is 1. The van der Waals surface area contributed by atoms with E-state index in [-0.39, 0.29) is 30.9 Å². The molecule has 0 aliphatic heterocycles. The summed E-state index contributed by atoms with van der Waals surface area (Å²) in [6, 6.07) is 2.41. The summed E-state index contributed by atoms with van der Waals surface area (Å²) in [5.41, 5.74) is -2.47. The molecule has 0 N–H and O–H groups in total. The number of alkyl halides is 6. The lowest BCUT2D eigenvalue weighted by Gasteiger charge is -2.19. The van der Waals surface area contributed by atoms with Gasteiger partial charge in [-0.1, -0.05) is 0 Å². The predicted molar refractivity (Wildman–Crippen MR) is 93.3 cm³/mol. The molecule has 0 amide bonds. The molecule has 2 rings (SSSR count). The second-order valence-electron chi connectivity index (χ2n) is 6.20. The predicted octanol–water partition coefficient (Wildman–Crippen LogP) is 4.12. The van der Waals surface area contributed by atoms with Gasteiger partial charge in [0.05, 0.1) is 24.8 Å². The Morgan fingerprint density at radius 2 is 1.57 bits per heavy atom. The maximum atomic E-state index is 12.9. The Kier molecular flexibility index (Phi) is 6.78. The molecule has 30 heavy (non-hydrogen) atoms. The molecule has 1 aromatic heterocycles. The first-order valence-corrected chi connectivity index (χ1v) is 8.38. The number of aromatic nitrogens is 2. The molecule has 0 atom stereocenters. The Morgan fingerprint density at radius 3 is 2.07 bits per heavy atom. The van der Waals surface area contributed by atoms with Crippen molar-refractivity contribution in [2.45, 2.75) is 19.3 Å². The minimum absolute atomic E-state index is 0.000431. The van der Waals surface area contributed by atoms with E-state index in [9.17, 15) is 31.1 Å². The minimum Gasteiger partial charge on any atom is -0.492 e. The molecule has 0 aliphatic carbocycles. The van der Waals surface area contributed by atoms with Crippen LogP contribution in [0.3, 0.4) is 0 Å². The van der Waals surface area contributed by atoms with E-state index in [4.69, 9.17) is 4.74 Å². The van der Waals surface area contributed by atoms with Crippen molar-refractivity contribution in [3.63, 3.8) is 0 Å². The number of carbonyl (C=O) groups is 1. The number of esters is 1. The van der Waals surface area contributed by atoms with Crippen LogP contribution in [0.15, 0.2) is 24.3 Å². The summed E-state index contributed by atoms with van der Waals surface area (Å²) in [6.07, 6.45) is -9.92. The highest BCUT2D eigenvalue weighted by molar-refractivity contribution is 5.87. The Morgan fingerprint density at radius 1 is 1.00 bits per heavy atom. The number of ether oxygens (including phenoxy) is 2. The number of benzene rings is 1. The number of likely N-dealkylation sites (N-methyl/N-ethyl adjacent to an activating group) is 1. The highest BCUT2D eigenvalue weighted by Crippen LogP contribution is 2.38. The molecule has 0 spiro atoms. The van der Waals surface area contributed by atoms with Crippen LogP contribution in [0.5, 0.6) is 5.75 Å². The third kappa shape index (κ3) is 5.97. The second-order valence-corrected chi connectivity index (χ2v) is 6.20. The van der Waals surface area contributed by atoms with Gasteiger partial charge in [0.2, 0.25) is 5.95 Å². The van der Waals surface area contributed by atoms with Gasteiger partial charge in [0, 0.05) is 12.7 Å². The minimum atomic E-state index is -4.96. The van der Waals surface area contributed by atoms with Crippen LogP contribution in [0.2, 0.25) is 0 Å². The van der Waals surface area contributed by atoms with E-state index >= 15 is 0 Å². The number of carbonyl (C=O) groups excluding carboxylic acids is 1. The van der Waals surface area contributed by atoms with Gasteiger partial charge < -0.3 is 14.4 Å². The fourth-order valence-electron chi connectivity index (χ4n) is 2.34. The average molecular weight is 437 g/mol. The number of methoxy groups -OCH3 is 1. The summed E-state index contributed by atoms with van der Waals surface area (Å²) >= 11 is 0. The van der Waals surface area contributed by atoms with Crippen molar-refractivity contribution in [3.05, 3.63) is 46.8 Å². The monoisotopic (exact) mass is 437 g/mol. The summed E-state index contributed by atoms with van der Waals surface area (Å²) in [7, 11) is 2.70. The number of hydrogen-bond acceptors (Lipinski definition) is 6. The molecule has 0 unspecified atom stereocenters. The summed E-state index contributed by atoms with van der Waals surface area (Å²) in [6.45, 7) is 1.37. The molecule has 2 aromatic rings. The topological polar surface area (TPSA) is 64.5 Å². The van der Waals surface area contributed by atoms with Crippen LogP contribution < -0.4 is 9.64 Å². The number of anilines is 1. The molecule has 12 heteroatoms. The van der Waals surface area contributed by atoms with Gasteiger partial charge in [-0.25, -0.2) is 14.8 Å². The van der Waals surface area contributed by atoms with E-state index in [1.54, 1.807) is 6.92 Å². The molecule has 0 fully saturated rings. The molecule has 0 bridgehead atoms. The highest BCUT2D eigenvalue weighted by atomic mass is 19.4. The lowest BCUT2D eigenvalue weighted by atomic mass is 10.1.